The topological polar surface area (TPSA) is 58.3 Å². The lowest BCUT2D eigenvalue weighted by molar-refractivity contribution is 0.0626. The molecule has 0 unspecified atom stereocenters. The Bertz CT molecular complexity index is 483. The number of phenolic OH excluding ortho intramolecular Hbond substituents is 1. The Kier molecular flexibility index (Phi) is 2.16. The van der Waals surface area contributed by atoms with Crippen LogP contribution in [0.1, 0.15) is 13.8 Å². The molecule has 4 nitrogen and oxygen atoms in total. The van der Waals surface area contributed by atoms with Gasteiger partial charge in [0.1, 0.15) is 5.75 Å². The van der Waals surface area contributed by atoms with E-state index in [1.807, 2.05) is 4.57 Å². The highest BCUT2D eigenvalue weighted by Crippen LogP contribution is 2.20. The highest BCUT2D eigenvalue weighted by molar-refractivity contribution is 5.76. The van der Waals surface area contributed by atoms with E-state index >= 15 is 0 Å². The van der Waals surface area contributed by atoms with E-state index in [9.17, 15) is 10.2 Å². The second kappa shape index (κ2) is 3.24. The summed E-state index contributed by atoms with van der Waals surface area (Å²) < 4.78 is 1.83. The van der Waals surface area contributed by atoms with Crippen LogP contribution < -0.4 is 0 Å². The molecule has 15 heavy (non-hydrogen) atoms. The fourth-order valence-corrected chi connectivity index (χ4v) is 1.59. The SMILES string of the molecule is CC(C)(O)Cn1cnc2ccc(O)cc21. The molecule has 2 aromatic rings. The first-order chi connectivity index (χ1) is 6.96. The molecule has 0 bridgehead atoms. The highest BCUT2D eigenvalue weighted by atomic mass is 16.3. The van der Waals surface area contributed by atoms with Gasteiger partial charge >= 0.3 is 0 Å². The molecule has 0 fully saturated rings. The van der Waals surface area contributed by atoms with Gasteiger partial charge in [-0.15, -0.1) is 0 Å². The van der Waals surface area contributed by atoms with Crippen LogP contribution in [0.5, 0.6) is 5.75 Å². The fraction of sp³-hybridized carbons (Fsp3) is 0.364. The number of aromatic hydroxyl groups is 1. The van der Waals surface area contributed by atoms with E-state index in [0.29, 0.717) is 6.54 Å². The van der Waals surface area contributed by atoms with E-state index < -0.39 is 5.60 Å². The summed E-state index contributed by atoms with van der Waals surface area (Å²) in [6.07, 6.45) is 1.67. The first-order valence-electron chi connectivity index (χ1n) is 4.82. The minimum atomic E-state index is -0.793. The number of aliphatic hydroxyl groups is 1. The molecular formula is C11H14N2O2. The van der Waals surface area contributed by atoms with E-state index in [0.717, 1.165) is 11.0 Å². The van der Waals surface area contributed by atoms with Crippen LogP contribution in [0, 0.1) is 0 Å². The molecule has 4 heteroatoms. The van der Waals surface area contributed by atoms with Crippen molar-refractivity contribution in [2.24, 2.45) is 0 Å². The van der Waals surface area contributed by atoms with Crippen LogP contribution in [0.4, 0.5) is 0 Å². The van der Waals surface area contributed by atoms with Crippen molar-refractivity contribution in [3.8, 4) is 5.75 Å². The molecule has 80 valence electrons. The van der Waals surface area contributed by atoms with Crippen LogP contribution in [0.2, 0.25) is 0 Å². The molecule has 2 rings (SSSR count). The van der Waals surface area contributed by atoms with Crippen molar-refractivity contribution in [3.63, 3.8) is 0 Å². The van der Waals surface area contributed by atoms with Crippen LogP contribution in [0.3, 0.4) is 0 Å². The molecule has 1 aromatic carbocycles. The van der Waals surface area contributed by atoms with Crippen LogP contribution >= 0.6 is 0 Å². The van der Waals surface area contributed by atoms with Gasteiger partial charge in [0.05, 0.1) is 29.5 Å². The number of nitrogens with zero attached hydrogens (tertiary/aromatic N) is 2. The van der Waals surface area contributed by atoms with Gasteiger partial charge in [-0.2, -0.15) is 0 Å². The molecule has 0 aliphatic carbocycles. The molecule has 2 N–H and O–H groups in total. The van der Waals surface area contributed by atoms with Crippen molar-refractivity contribution in [2.75, 3.05) is 0 Å². The molecule has 1 aromatic heterocycles. The zero-order valence-corrected chi connectivity index (χ0v) is 8.81. The molecule has 0 saturated carbocycles. The Hall–Kier alpha value is -1.55. The third kappa shape index (κ3) is 2.10. The van der Waals surface area contributed by atoms with Gasteiger partial charge in [-0.3, -0.25) is 0 Å². The fourth-order valence-electron chi connectivity index (χ4n) is 1.59. The van der Waals surface area contributed by atoms with Crippen molar-refractivity contribution in [2.45, 2.75) is 26.0 Å². The Morgan fingerprint density at radius 3 is 2.80 bits per heavy atom. The molecular weight excluding hydrogens is 192 g/mol. The number of benzene rings is 1. The van der Waals surface area contributed by atoms with Gasteiger partial charge < -0.3 is 14.8 Å². The van der Waals surface area contributed by atoms with E-state index in [4.69, 9.17) is 0 Å². The summed E-state index contributed by atoms with van der Waals surface area (Å²) in [6, 6.07) is 5.00. The lowest BCUT2D eigenvalue weighted by Crippen LogP contribution is -2.25. The first-order valence-corrected chi connectivity index (χ1v) is 4.82. The number of rotatable bonds is 2. The highest BCUT2D eigenvalue weighted by Gasteiger charge is 2.15. The number of fused-ring (bicyclic) bond motifs is 1. The van der Waals surface area contributed by atoms with Crippen LogP contribution in [-0.4, -0.2) is 25.4 Å². The van der Waals surface area contributed by atoms with Crippen LogP contribution in [-0.2, 0) is 6.54 Å². The first kappa shape index (κ1) is 9.98. The minimum Gasteiger partial charge on any atom is -0.508 e. The molecule has 0 spiro atoms. The number of phenols is 1. The largest absolute Gasteiger partial charge is 0.508 e. The average Bonchev–Trinajstić information content (AvgIpc) is 2.46. The normalized spacial score (nSPS) is 12.2. The molecule has 0 saturated heterocycles. The van der Waals surface area contributed by atoms with Gasteiger partial charge in [0.15, 0.2) is 0 Å². The van der Waals surface area contributed by atoms with Crippen molar-refractivity contribution < 1.29 is 10.2 Å². The zero-order valence-electron chi connectivity index (χ0n) is 8.81. The predicted molar refractivity (Wildman–Crippen MR) is 57.7 cm³/mol. The molecule has 0 aliphatic heterocycles. The summed E-state index contributed by atoms with van der Waals surface area (Å²) in [5, 5.41) is 19.1. The summed E-state index contributed by atoms with van der Waals surface area (Å²) in [5.74, 6) is 0.208. The third-order valence-corrected chi connectivity index (χ3v) is 2.16. The van der Waals surface area contributed by atoms with Gasteiger partial charge in [0.2, 0.25) is 0 Å². The maximum absolute atomic E-state index is 9.71. The number of hydrogen-bond acceptors (Lipinski definition) is 3. The summed E-state index contributed by atoms with van der Waals surface area (Å²) in [6.45, 7) is 3.93. The maximum atomic E-state index is 9.71. The number of aromatic nitrogens is 2. The third-order valence-electron chi connectivity index (χ3n) is 2.16. The zero-order chi connectivity index (χ0) is 11.1. The smallest absolute Gasteiger partial charge is 0.117 e. The molecule has 0 atom stereocenters. The molecule has 0 aliphatic rings. The number of imidazole rings is 1. The second-order valence-electron chi connectivity index (χ2n) is 4.36. The second-order valence-corrected chi connectivity index (χ2v) is 4.36. The summed E-state index contributed by atoms with van der Waals surface area (Å²) in [5.41, 5.74) is 0.855. The Morgan fingerprint density at radius 1 is 1.40 bits per heavy atom. The maximum Gasteiger partial charge on any atom is 0.117 e. The van der Waals surface area contributed by atoms with Gasteiger partial charge in [-0.05, 0) is 26.0 Å². The van der Waals surface area contributed by atoms with Gasteiger partial charge in [-0.1, -0.05) is 0 Å². The molecule has 0 radical (unpaired) electrons. The van der Waals surface area contributed by atoms with Crippen LogP contribution in [0.25, 0.3) is 11.0 Å². The molecule has 1 heterocycles. The van der Waals surface area contributed by atoms with Crippen molar-refractivity contribution >= 4 is 11.0 Å². The summed E-state index contributed by atoms with van der Waals surface area (Å²) >= 11 is 0. The lowest BCUT2D eigenvalue weighted by atomic mass is 10.1. The summed E-state index contributed by atoms with van der Waals surface area (Å²) in [4.78, 5) is 4.18. The quantitative estimate of drug-likeness (QED) is 0.783. The standard InChI is InChI=1S/C11H14N2O2/c1-11(2,15)6-13-7-12-9-4-3-8(14)5-10(9)13/h3-5,7,14-15H,6H2,1-2H3. The Morgan fingerprint density at radius 2 is 2.13 bits per heavy atom. The monoisotopic (exact) mass is 206 g/mol. The molecule has 0 amide bonds. The van der Waals surface area contributed by atoms with Gasteiger partial charge in [0, 0.05) is 6.07 Å². The van der Waals surface area contributed by atoms with Gasteiger partial charge in [0.25, 0.3) is 0 Å². The van der Waals surface area contributed by atoms with Crippen LogP contribution in [0.15, 0.2) is 24.5 Å². The predicted octanol–water partition coefficient (Wildman–Crippen LogP) is 1.51. The van der Waals surface area contributed by atoms with Crippen molar-refractivity contribution in [1.29, 1.82) is 0 Å². The van der Waals surface area contributed by atoms with E-state index in [1.54, 1.807) is 38.4 Å². The van der Waals surface area contributed by atoms with Gasteiger partial charge in [-0.25, -0.2) is 4.98 Å². The van der Waals surface area contributed by atoms with E-state index in [1.165, 1.54) is 0 Å². The Balaban J connectivity index is 2.48. The van der Waals surface area contributed by atoms with E-state index in [-0.39, 0.29) is 5.75 Å². The van der Waals surface area contributed by atoms with Crippen molar-refractivity contribution in [3.05, 3.63) is 24.5 Å². The van der Waals surface area contributed by atoms with E-state index in [2.05, 4.69) is 4.98 Å². The minimum absolute atomic E-state index is 0.208. The van der Waals surface area contributed by atoms with Crippen molar-refractivity contribution in [1.82, 2.24) is 9.55 Å². The number of hydrogen-bond donors (Lipinski definition) is 2. The summed E-state index contributed by atoms with van der Waals surface area (Å²) in [7, 11) is 0. The Labute approximate surface area is 87.8 Å². The lowest BCUT2D eigenvalue weighted by Gasteiger charge is -2.18. The average molecular weight is 206 g/mol.